The van der Waals surface area contributed by atoms with Crippen molar-refractivity contribution in [3.8, 4) is 0 Å². The van der Waals surface area contributed by atoms with Gasteiger partial charge < -0.3 is 9.64 Å². The van der Waals surface area contributed by atoms with Crippen LogP contribution >= 0.6 is 11.8 Å². The highest BCUT2D eigenvalue weighted by molar-refractivity contribution is 8.14. The number of nitro benzene ring substituents is 1. The molecule has 1 unspecified atom stereocenters. The minimum absolute atomic E-state index is 0.00229. The minimum atomic E-state index is -1.41. The van der Waals surface area contributed by atoms with Crippen molar-refractivity contribution in [3.63, 3.8) is 0 Å². The highest BCUT2D eigenvalue weighted by atomic mass is 32.2. The van der Waals surface area contributed by atoms with Crippen molar-refractivity contribution in [3.05, 3.63) is 39.9 Å². The standard InChI is InChI=1S/C17H24N2O5SSi/c1-26(2,3)12-16(20)25-15-8-9-18(10-15)17(21)24-11-13-4-6-14(7-5-13)19(22)23/h4-7,15H,8-12H2,1-3H3. The van der Waals surface area contributed by atoms with Crippen molar-refractivity contribution in [2.45, 2.75) is 44.0 Å². The number of ether oxygens (including phenoxy) is 1. The monoisotopic (exact) mass is 396 g/mol. The zero-order valence-electron chi connectivity index (χ0n) is 15.3. The van der Waals surface area contributed by atoms with Gasteiger partial charge in [0.05, 0.1) is 13.0 Å². The highest BCUT2D eigenvalue weighted by Gasteiger charge is 2.30. The van der Waals surface area contributed by atoms with Crippen LogP contribution in [0.4, 0.5) is 10.5 Å². The van der Waals surface area contributed by atoms with E-state index in [0.717, 1.165) is 6.42 Å². The molecule has 1 aromatic rings. The highest BCUT2D eigenvalue weighted by Crippen LogP contribution is 2.27. The molecule has 1 aromatic carbocycles. The summed E-state index contributed by atoms with van der Waals surface area (Å²) in [6.45, 7) is 7.67. The average molecular weight is 397 g/mol. The van der Waals surface area contributed by atoms with Crippen LogP contribution in [-0.4, -0.2) is 47.4 Å². The van der Waals surface area contributed by atoms with Crippen LogP contribution < -0.4 is 0 Å². The van der Waals surface area contributed by atoms with Crippen LogP contribution in [0.3, 0.4) is 0 Å². The van der Waals surface area contributed by atoms with Gasteiger partial charge in [-0.1, -0.05) is 31.4 Å². The lowest BCUT2D eigenvalue weighted by atomic mass is 10.2. The predicted molar refractivity (Wildman–Crippen MR) is 104 cm³/mol. The number of nitrogens with zero attached hydrogens (tertiary/aromatic N) is 2. The number of nitro groups is 1. The van der Waals surface area contributed by atoms with E-state index >= 15 is 0 Å². The normalized spacial score (nSPS) is 17.2. The zero-order valence-corrected chi connectivity index (χ0v) is 17.1. The van der Waals surface area contributed by atoms with Gasteiger partial charge >= 0.3 is 6.09 Å². The maximum absolute atomic E-state index is 12.2. The topological polar surface area (TPSA) is 89.8 Å². The molecule has 1 saturated heterocycles. The Bertz CT molecular complexity index is 675. The van der Waals surface area contributed by atoms with Gasteiger partial charge in [0.15, 0.2) is 5.12 Å². The molecule has 9 heteroatoms. The maximum atomic E-state index is 12.2. The van der Waals surface area contributed by atoms with Crippen LogP contribution in [0.5, 0.6) is 0 Å². The number of amides is 1. The summed E-state index contributed by atoms with van der Waals surface area (Å²) >= 11 is 1.36. The number of benzene rings is 1. The van der Waals surface area contributed by atoms with Crippen molar-refractivity contribution in [2.75, 3.05) is 13.1 Å². The number of likely N-dealkylation sites (tertiary alicyclic amines) is 1. The summed E-state index contributed by atoms with van der Waals surface area (Å²) in [4.78, 5) is 36.0. The fraction of sp³-hybridized carbons (Fsp3) is 0.529. The molecule has 0 spiro atoms. The van der Waals surface area contributed by atoms with Crippen molar-refractivity contribution in [1.29, 1.82) is 0 Å². The average Bonchev–Trinajstić information content (AvgIpc) is 2.99. The second-order valence-electron chi connectivity index (χ2n) is 7.56. The molecule has 1 aliphatic heterocycles. The van der Waals surface area contributed by atoms with E-state index in [9.17, 15) is 19.7 Å². The van der Waals surface area contributed by atoms with E-state index in [4.69, 9.17) is 4.74 Å². The lowest BCUT2D eigenvalue weighted by Gasteiger charge is -2.17. The van der Waals surface area contributed by atoms with E-state index in [-0.39, 0.29) is 22.7 Å². The smallest absolute Gasteiger partial charge is 0.410 e. The fourth-order valence-corrected chi connectivity index (χ4v) is 5.95. The van der Waals surface area contributed by atoms with Gasteiger partial charge in [0.1, 0.15) is 6.61 Å². The Balaban J connectivity index is 1.76. The molecule has 0 aliphatic carbocycles. The molecule has 7 nitrogen and oxygen atoms in total. The summed E-state index contributed by atoms with van der Waals surface area (Å²) < 4.78 is 5.28. The largest absolute Gasteiger partial charge is 0.445 e. The molecule has 1 fully saturated rings. The number of thioether (sulfide) groups is 1. The van der Waals surface area contributed by atoms with Gasteiger partial charge in [-0.3, -0.25) is 14.9 Å². The molecule has 0 saturated carbocycles. The maximum Gasteiger partial charge on any atom is 0.410 e. The second kappa shape index (κ2) is 8.68. The van der Waals surface area contributed by atoms with E-state index in [2.05, 4.69) is 19.6 Å². The Morgan fingerprint density at radius 1 is 1.31 bits per heavy atom. The van der Waals surface area contributed by atoms with Crippen molar-refractivity contribution in [2.24, 2.45) is 0 Å². The molecule has 0 N–H and O–H groups in total. The first kappa shape index (κ1) is 20.4. The van der Waals surface area contributed by atoms with Crippen molar-refractivity contribution in [1.82, 2.24) is 4.90 Å². The Morgan fingerprint density at radius 2 is 1.96 bits per heavy atom. The van der Waals surface area contributed by atoms with E-state index in [0.29, 0.717) is 24.7 Å². The second-order valence-corrected chi connectivity index (χ2v) is 14.4. The van der Waals surface area contributed by atoms with E-state index in [1.54, 1.807) is 17.0 Å². The van der Waals surface area contributed by atoms with Gasteiger partial charge in [-0.15, -0.1) is 0 Å². The third-order valence-corrected chi connectivity index (χ3v) is 6.65. The van der Waals surface area contributed by atoms with E-state index < -0.39 is 19.1 Å². The Morgan fingerprint density at radius 3 is 2.54 bits per heavy atom. The van der Waals surface area contributed by atoms with Gasteiger partial charge in [0.25, 0.3) is 5.69 Å². The van der Waals surface area contributed by atoms with Crippen LogP contribution in [-0.2, 0) is 16.1 Å². The zero-order chi connectivity index (χ0) is 19.3. The lowest BCUT2D eigenvalue weighted by Crippen LogP contribution is -2.30. The first-order chi connectivity index (χ1) is 12.1. The van der Waals surface area contributed by atoms with Crippen LogP contribution in [0.1, 0.15) is 12.0 Å². The van der Waals surface area contributed by atoms with Crippen LogP contribution in [0.15, 0.2) is 24.3 Å². The summed E-state index contributed by atoms with van der Waals surface area (Å²) in [7, 11) is -1.41. The summed E-state index contributed by atoms with van der Waals surface area (Å²) in [5.74, 6) is 0. The first-order valence-corrected chi connectivity index (χ1v) is 13.1. The van der Waals surface area contributed by atoms with Crippen molar-refractivity contribution < 1.29 is 19.2 Å². The molecule has 0 bridgehead atoms. The molecule has 0 radical (unpaired) electrons. The Labute approximate surface area is 158 Å². The number of carbonyl (C=O) groups excluding carboxylic acids is 2. The third-order valence-electron chi connectivity index (χ3n) is 3.89. The predicted octanol–water partition coefficient (Wildman–Crippen LogP) is 3.90. The summed E-state index contributed by atoms with van der Waals surface area (Å²) in [5.41, 5.74) is 0.696. The molecule has 1 amide bonds. The van der Waals surface area contributed by atoms with Crippen LogP contribution in [0.2, 0.25) is 25.7 Å². The molecule has 1 aliphatic rings. The summed E-state index contributed by atoms with van der Waals surface area (Å²) in [6, 6.07) is 6.57. The van der Waals surface area contributed by atoms with Gasteiger partial charge in [0, 0.05) is 36.5 Å². The fourth-order valence-electron chi connectivity index (χ4n) is 2.60. The van der Waals surface area contributed by atoms with Gasteiger partial charge in [0.2, 0.25) is 0 Å². The minimum Gasteiger partial charge on any atom is -0.445 e. The van der Waals surface area contributed by atoms with Crippen molar-refractivity contribution >= 4 is 36.7 Å². The molecule has 0 aromatic heterocycles. The molecule has 26 heavy (non-hydrogen) atoms. The number of carbonyl (C=O) groups is 2. The number of hydrogen-bond acceptors (Lipinski definition) is 6. The molecular weight excluding hydrogens is 372 g/mol. The van der Waals surface area contributed by atoms with Crippen LogP contribution in [0.25, 0.3) is 0 Å². The number of non-ortho nitro benzene ring substituents is 1. The summed E-state index contributed by atoms with van der Waals surface area (Å²) in [6.07, 6.45) is 0.374. The Kier molecular flexibility index (Phi) is 6.82. The molecule has 2 rings (SSSR count). The molecule has 1 heterocycles. The number of hydrogen-bond donors (Lipinski definition) is 0. The Hall–Kier alpha value is -1.87. The SMILES string of the molecule is C[Si](C)(C)CC(=O)SC1CCN(C(=O)OCc2ccc([N+](=O)[O-])cc2)C1. The van der Waals surface area contributed by atoms with Gasteiger partial charge in [-0.25, -0.2) is 4.79 Å². The van der Waals surface area contributed by atoms with Gasteiger partial charge in [-0.2, -0.15) is 0 Å². The summed E-state index contributed by atoms with van der Waals surface area (Å²) in [5, 5.41) is 11.0. The number of rotatable bonds is 6. The molecule has 1 atom stereocenters. The molecule has 142 valence electrons. The van der Waals surface area contributed by atoms with E-state index in [1.165, 1.54) is 23.9 Å². The lowest BCUT2D eigenvalue weighted by molar-refractivity contribution is -0.384. The third kappa shape index (κ3) is 6.45. The molecular formula is C17H24N2O5SSi. The van der Waals surface area contributed by atoms with Crippen LogP contribution in [0, 0.1) is 10.1 Å². The van der Waals surface area contributed by atoms with E-state index in [1.807, 2.05) is 0 Å². The first-order valence-electron chi connectivity index (χ1n) is 8.48. The quantitative estimate of drug-likeness (QED) is 0.411. The van der Waals surface area contributed by atoms with Gasteiger partial charge in [-0.05, 0) is 24.1 Å².